The maximum Gasteiger partial charge on any atom is 0.673 e. The lowest BCUT2D eigenvalue weighted by atomic mass is 9.99. The Labute approximate surface area is 264 Å². The normalized spacial score (nSPS) is 11.4. The van der Waals surface area contributed by atoms with E-state index in [-0.39, 0.29) is 0 Å². The largest absolute Gasteiger partial charge is 0.673 e. The highest BCUT2D eigenvalue weighted by Crippen LogP contribution is 2.29. The predicted octanol–water partition coefficient (Wildman–Crippen LogP) is 10.3. The lowest BCUT2D eigenvalue weighted by Crippen LogP contribution is -2.52. The first-order valence-electron chi connectivity index (χ1n) is 14.0. The molecular weight excluding hydrogens is 597 g/mol. The van der Waals surface area contributed by atoms with Gasteiger partial charge in [0, 0.05) is 33.8 Å². The van der Waals surface area contributed by atoms with E-state index in [1.54, 1.807) is 0 Å². The smallest absolute Gasteiger partial charge is 0.418 e. The third kappa shape index (κ3) is 8.91. The molecule has 0 saturated heterocycles. The number of hydrogen-bond donors (Lipinski definition) is 1. The van der Waals surface area contributed by atoms with Crippen LogP contribution in [0, 0.1) is 0 Å². The van der Waals surface area contributed by atoms with Crippen LogP contribution in [0.3, 0.4) is 0 Å². The van der Waals surface area contributed by atoms with Crippen LogP contribution in [-0.4, -0.2) is 13.1 Å². The highest BCUT2D eigenvalue weighted by Gasteiger charge is 2.25. The summed E-state index contributed by atoms with van der Waals surface area (Å²) in [5.41, 5.74) is 12.0. The van der Waals surface area contributed by atoms with Crippen molar-refractivity contribution in [1.29, 1.82) is 0 Å². The average molecular weight is 624 g/mol. The van der Waals surface area contributed by atoms with Crippen LogP contribution in [0.2, 0.25) is 5.02 Å². The molecule has 9 heteroatoms. The van der Waals surface area contributed by atoms with E-state index in [1.807, 2.05) is 60.7 Å². The van der Waals surface area contributed by atoms with Gasteiger partial charge in [-0.25, -0.2) is 4.99 Å². The minimum absolute atomic E-state index is 0.678. The Kier molecular flexibility index (Phi) is 10.1. The minimum atomic E-state index is -6.00. The van der Waals surface area contributed by atoms with E-state index in [2.05, 4.69) is 107 Å². The Balaban J connectivity index is 0.000000743. The van der Waals surface area contributed by atoms with E-state index in [0.29, 0.717) is 5.02 Å². The zero-order valence-electron chi connectivity index (χ0n) is 23.9. The van der Waals surface area contributed by atoms with E-state index in [1.165, 1.54) is 0 Å². The highest BCUT2D eigenvalue weighted by molar-refractivity contribution is 6.50. The Morgan fingerprint density at radius 3 is 1.38 bits per heavy atom. The molecule has 0 unspecified atom stereocenters. The number of pyridine rings is 1. The van der Waals surface area contributed by atoms with Crippen molar-refractivity contribution in [2.75, 3.05) is 5.43 Å². The first-order valence-corrected chi connectivity index (χ1v) is 14.4. The number of aliphatic imine (C=N–C) groups is 1. The Hall–Kier alpha value is -5.21. The maximum absolute atomic E-state index is 9.75. The summed E-state index contributed by atoms with van der Waals surface area (Å²) in [4.78, 5) is 5.04. The van der Waals surface area contributed by atoms with Gasteiger partial charge >= 0.3 is 7.25 Å². The molecule has 1 N–H and O–H groups in total. The molecule has 0 radical (unpaired) electrons. The number of rotatable bonds is 6. The van der Waals surface area contributed by atoms with Crippen molar-refractivity contribution in [3.8, 4) is 33.6 Å². The van der Waals surface area contributed by atoms with E-state index in [4.69, 9.17) is 16.6 Å². The van der Waals surface area contributed by atoms with E-state index in [9.17, 15) is 17.3 Å². The summed E-state index contributed by atoms with van der Waals surface area (Å²) in [7, 11) is -6.00. The summed E-state index contributed by atoms with van der Waals surface area (Å²) in [5, 5.41) is 0.678. The molecule has 0 bridgehead atoms. The summed E-state index contributed by atoms with van der Waals surface area (Å²) in [6.45, 7) is 0. The quantitative estimate of drug-likeness (QED) is 0.0646. The fourth-order valence-corrected chi connectivity index (χ4v) is 4.78. The molecule has 1 heterocycles. The Bertz CT molecular complexity index is 1790. The van der Waals surface area contributed by atoms with E-state index in [0.717, 1.165) is 50.7 Å². The molecule has 0 atom stereocenters. The van der Waals surface area contributed by atoms with Crippen molar-refractivity contribution in [3.05, 3.63) is 168 Å². The molecule has 6 aromatic rings. The fourth-order valence-electron chi connectivity index (χ4n) is 4.66. The van der Waals surface area contributed by atoms with Crippen LogP contribution in [-0.2, 0) is 0 Å². The van der Waals surface area contributed by atoms with Gasteiger partial charge in [0.1, 0.15) is 0 Å². The van der Waals surface area contributed by atoms with Gasteiger partial charge < -0.3 is 17.3 Å². The molecule has 224 valence electrons. The molecular formula is C36H27BClF4N3. The van der Waals surface area contributed by atoms with Gasteiger partial charge in [0.15, 0.2) is 5.84 Å². The molecule has 0 aliphatic rings. The van der Waals surface area contributed by atoms with Crippen LogP contribution in [0.1, 0.15) is 5.56 Å². The van der Waals surface area contributed by atoms with Gasteiger partial charge in [0.05, 0.1) is 5.69 Å². The van der Waals surface area contributed by atoms with Crippen molar-refractivity contribution in [2.24, 2.45) is 4.99 Å². The fraction of sp³-hybridized carbons (Fsp3) is 0. The average Bonchev–Trinajstić information content (AvgIpc) is 3.06. The van der Waals surface area contributed by atoms with Gasteiger partial charge in [-0.1, -0.05) is 113 Å². The number of nitrogens with one attached hydrogen (secondary N) is 1. The van der Waals surface area contributed by atoms with Gasteiger partial charge in [-0.2, -0.15) is 0 Å². The number of aromatic nitrogens is 1. The summed E-state index contributed by atoms with van der Waals surface area (Å²) < 4.78 is 41.1. The number of amidine groups is 1. The van der Waals surface area contributed by atoms with Gasteiger partial charge in [-0.15, -0.1) is 5.43 Å². The lowest BCUT2D eigenvalue weighted by molar-refractivity contribution is -0.617. The molecule has 0 amide bonds. The third-order valence-corrected chi connectivity index (χ3v) is 6.90. The van der Waals surface area contributed by atoms with Crippen LogP contribution < -0.4 is 10.1 Å². The summed E-state index contributed by atoms with van der Waals surface area (Å²) in [6, 6.07) is 53.6. The van der Waals surface area contributed by atoms with Crippen LogP contribution in [0.4, 0.5) is 23.0 Å². The van der Waals surface area contributed by atoms with Crippen LogP contribution in [0.15, 0.2) is 163 Å². The molecule has 0 aliphatic heterocycles. The summed E-state index contributed by atoms with van der Waals surface area (Å²) in [5.74, 6) is 0.717. The second kappa shape index (κ2) is 14.5. The molecule has 0 spiro atoms. The first-order chi connectivity index (χ1) is 21.7. The van der Waals surface area contributed by atoms with Crippen molar-refractivity contribution >= 4 is 30.4 Å². The van der Waals surface area contributed by atoms with E-state index >= 15 is 0 Å². The molecule has 45 heavy (non-hydrogen) atoms. The number of halogens is 5. The number of benzene rings is 5. The molecule has 3 nitrogen and oxygen atoms in total. The van der Waals surface area contributed by atoms with Gasteiger partial charge in [-0.05, 0) is 59.7 Å². The Morgan fingerprint density at radius 1 is 0.533 bits per heavy atom. The van der Waals surface area contributed by atoms with Crippen molar-refractivity contribution < 1.29 is 21.9 Å². The lowest BCUT2D eigenvalue weighted by Gasteiger charge is -2.14. The van der Waals surface area contributed by atoms with Crippen LogP contribution in [0.25, 0.3) is 33.6 Å². The standard InChI is InChI=1S/C36H27ClN3.BF4/c37-32-21-23-33(24-22-32)38-36(30-19-11-4-12-20-30)39-40-34(28-15-7-2-8-16-28)25-31(27-13-5-1-6-14-27)26-35(40)29-17-9-3-10-18-29;2-1(3,4)5/h1-26H,(H,38,39);/q+1;-1. The third-order valence-electron chi connectivity index (χ3n) is 6.64. The van der Waals surface area contributed by atoms with Crippen LogP contribution >= 0.6 is 11.6 Å². The minimum Gasteiger partial charge on any atom is -0.418 e. The zero-order valence-corrected chi connectivity index (χ0v) is 24.6. The van der Waals surface area contributed by atoms with Gasteiger partial charge in [0.2, 0.25) is 11.4 Å². The SMILES string of the molecule is Clc1ccc(N=C(N[n+]2c(-c3ccccc3)cc(-c3ccccc3)cc2-c2ccccc2)c2ccccc2)cc1.F[B-](F)(F)F. The molecule has 1 aromatic heterocycles. The second-order valence-corrected chi connectivity index (χ2v) is 10.3. The van der Waals surface area contributed by atoms with Crippen molar-refractivity contribution in [2.45, 2.75) is 0 Å². The second-order valence-electron chi connectivity index (χ2n) is 9.86. The molecule has 0 fully saturated rings. The van der Waals surface area contributed by atoms with Crippen LogP contribution in [0.5, 0.6) is 0 Å². The van der Waals surface area contributed by atoms with Crippen molar-refractivity contribution in [1.82, 2.24) is 0 Å². The topological polar surface area (TPSA) is 28.3 Å². The molecule has 0 saturated carbocycles. The van der Waals surface area contributed by atoms with Gasteiger partial charge in [0.25, 0.3) is 0 Å². The Morgan fingerprint density at radius 2 is 0.933 bits per heavy atom. The first kappa shape index (κ1) is 31.2. The number of nitrogens with zero attached hydrogens (tertiary/aromatic N) is 2. The number of hydrogen-bond acceptors (Lipinski definition) is 1. The molecule has 0 aliphatic carbocycles. The predicted molar refractivity (Wildman–Crippen MR) is 177 cm³/mol. The van der Waals surface area contributed by atoms with Gasteiger partial charge in [-0.3, -0.25) is 0 Å². The maximum atomic E-state index is 9.75. The summed E-state index contributed by atoms with van der Waals surface area (Å²) >= 11 is 6.17. The van der Waals surface area contributed by atoms with E-state index < -0.39 is 7.25 Å². The molecule has 5 aromatic carbocycles. The monoisotopic (exact) mass is 623 g/mol. The molecule has 6 rings (SSSR count). The zero-order chi connectivity index (χ0) is 31.6. The highest BCUT2D eigenvalue weighted by atomic mass is 35.5. The van der Waals surface area contributed by atoms with Crippen molar-refractivity contribution in [3.63, 3.8) is 0 Å². The summed E-state index contributed by atoms with van der Waals surface area (Å²) in [6.07, 6.45) is 0.